The lowest BCUT2D eigenvalue weighted by atomic mass is 9.96. The van der Waals surface area contributed by atoms with Crippen LogP contribution in [0.3, 0.4) is 0 Å². The quantitative estimate of drug-likeness (QED) is 0.0722. The van der Waals surface area contributed by atoms with Crippen molar-refractivity contribution in [1.29, 1.82) is 5.41 Å². The number of carbonyl (C=O) groups is 1. The highest BCUT2D eigenvalue weighted by Crippen LogP contribution is 2.33. The van der Waals surface area contributed by atoms with Gasteiger partial charge in [0.05, 0.1) is 9.79 Å². The van der Waals surface area contributed by atoms with Crippen LogP contribution in [-0.2, 0) is 29.7 Å². The van der Waals surface area contributed by atoms with Crippen molar-refractivity contribution < 1.29 is 26.5 Å². The second-order valence-corrected chi connectivity index (χ2v) is 17.4. The lowest BCUT2D eigenvalue weighted by Gasteiger charge is -2.41. The first-order chi connectivity index (χ1) is 25.5. The zero-order valence-corrected chi connectivity index (χ0v) is 31.4. The van der Waals surface area contributed by atoms with Crippen LogP contribution in [0.15, 0.2) is 94.7 Å². The van der Waals surface area contributed by atoms with Gasteiger partial charge in [-0.3, -0.25) is 10.4 Å². The summed E-state index contributed by atoms with van der Waals surface area (Å²) in [5.74, 6) is -1.32. The molecule has 6 N–H and O–H groups in total. The Labute approximate surface area is 311 Å². The zero-order valence-electron chi connectivity index (χ0n) is 29.8. The molecule has 0 spiro atoms. The predicted octanol–water partition coefficient (Wildman–Crippen LogP) is 5.52. The average Bonchev–Trinajstić information content (AvgIpc) is 3.17. The number of nitrogens with two attached hydrogens (primary N) is 2. The number of rotatable bonds is 14. The highest BCUT2D eigenvalue weighted by Gasteiger charge is 2.39. The highest BCUT2D eigenvalue weighted by molar-refractivity contribution is 7.89. The van der Waals surface area contributed by atoms with Gasteiger partial charge >= 0.3 is 5.97 Å². The molecule has 0 aliphatic heterocycles. The van der Waals surface area contributed by atoms with E-state index in [2.05, 4.69) is 5.59 Å². The van der Waals surface area contributed by atoms with Crippen LogP contribution in [0, 0.1) is 5.41 Å². The number of nitrogens with zero attached hydrogens (tertiary/aromatic N) is 3. The second kappa shape index (κ2) is 16.9. The fourth-order valence-corrected chi connectivity index (χ4v) is 11.2. The van der Waals surface area contributed by atoms with Crippen LogP contribution in [-0.4, -0.2) is 67.3 Å². The molecular formula is C38H49N7O6S2. The van der Waals surface area contributed by atoms with Crippen LogP contribution in [0.25, 0.3) is 21.5 Å². The van der Waals surface area contributed by atoms with Crippen molar-refractivity contribution in [3.63, 3.8) is 0 Å². The fourth-order valence-electron chi connectivity index (χ4n) is 7.58. The average molecular weight is 764 g/mol. The number of nitrogens with one attached hydrogen (secondary N) is 2. The third kappa shape index (κ3) is 8.50. The van der Waals surface area contributed by atoms with Crippen molar-refractivity contribution in [2.75, 3.05) is 6.54 Å². The lowest BCUT2D eigenvalue weighted by Crippen LogP contribution is -2.57. The number of fused-ring (bicyclic) bond motifs is 2. The molecule has 2 saturated carbocycles. The first-order valence-corrected chi connectivity index (χ1v) is 21.3. The van der Waals surface area contributed by atoms with Crippen molar-refractivity contribution in [3.8, 4) is 0 Å². The largest absolute Gasteiger partial charge is 0.369 e. The van der Waals surface area contributed by atoms with Gasteiger partial charge in [-0.05, 0) is 61.4 Å². The molecule has 0 heterocycles. The van der Waals surface area contributed by atoms with Crippen molar-refractivity contribution in [1.82, 2.24) is 19.4 Å². The van der Waals surface area contributed by atoms with Gasteiger partial charge in [-0.1, -0.05) is 121 Å². The van der Waals surface area contributed by atoms with E-state index in [1.54, 1.807) is 48.5 Å². The Morgan fingerprint density at radius 2 is 1.23 bits per heavy atom. The normalized spacial score (nSPS) is 17.0. The molecule has 0 amide bonds. The van der Waals surface area contributed by atoms with Gasteiger partial charge in [-0.15, -0.1) is 4.41 Å². The summed E-state index contributed by atoms with van der Waals surface area (Å²) in [6, 6.07) is 22.6. The number of sulfonamides is 2. The summed E-state index contributed by atoms with van der Waals surface area (Å²) in [6.07, 6.45) is 8.00. The van der Waals surface area contributed by atoms with E-state index in [4.69, 9.17) is 21.7 Å². The van der Waals surface area contributed by atoms with Crippen molar-refractivity contribution >= 4 is 53.5 Å². The highest BCUT2D eigenvalue weighted by atomic mass is 32.2. The summed E-state index contributed by atoms with van der Waals surface area (Å²) >= 11 is 0. The zero-order chi connectivity index (χ0) is 37.6. The molecule has 4 aromatic carbocycles. The SMILES string of the molecule is N=C(N)N(CCC[C@H](N)C(=O)ONN(C1CCCCC1)S(=O)(=O)c1cccc2ccccc12)N(C1CCCCC1)S(=O)(=O)c1cccc2ccccc12. The molecule has 284 valence electrons. The molecule has 53 heavy (non-hydrogen) atoms. The van der Waals surface area contributed by atoms with Gasteiger partial charge in [0.15, 0.2) is 0 Å². The number of guanidine groups is 1. The summed E-state index contributed by atoms with van der Waals surface area (Å²) in [4.78, 5) is 18.9. The number of benzene rings is 4. The van der Waals surface area contributed by atoms with Crippen molar-refractivity contribution in [2.45, 2.75) is 105 Å². The van der Waals surface area contributed by atoms with Crippen LogP contribution < -0.4 is 17.1 Å². The minimum atomic E-state index is -4.18. The standard InChI is InChI=1S/C38H49N7O6S2/c39-34(37(46)51-42-44(30-18-3-1-4-19-30)52(47,48)35-25-11-16-28-14-7-9-22-32(28)35)24-13-27-43(38(40)41)45(31-20-5-2-6-21-31)53(49,50)36-26-12-17-29-15-8-10-23-33(29)36/h7-12,14-17,22-23,25-26,30-31,34,42H,1-6,13,18-21,24,27,39H2,(H3,40,41)/t34-/m0/s1. The van der Waals surface area contributed by atoms with E-state index < -0.39 is 50.1 Å². The molecule has 13 nitrogen and oxygen atoms in total. The summed E-state index contributed by atoms with van der Waals surface area (Å²) in [5.41, 5.74) is 14.8. The first-order valence-electron chi connectivity index (χ1n) is 18.4. The molecule has 0 bridgehead atoms. The predicted molar refractivity (Wildman–Crippen MR) is 205 cm³/mol. The summed E-state index contributed by atoms with van der Waals surface area (Å²) in [6.45, 7) is -0.00605. The van der Waals surface area contributed by atoms with E-state index >= 15 is 0 Å². The van der Waals surface area contributed by atoms with Crippen molar-refractivity contribution in [2.24, 2.45) is 11.5 Å². The lowest BCUT2D eigenvalue weighted by molar-refractivity contribution is -0.163. The van der Waals surface area contributed by atoms with Gasteiger partial charge in [0, 0.05) is 29.4 Å². The monoisotopic (exact) mass is 763 g/mol. The van der Waals surface area contributed by atoms with Gasteiger partial charge in [-0.2, -0.15) is 0 Å². The summed E-state index contributed by atoms with van der Waals surface area (Å²) in [7, 11) is -8.34. The molecule has 2 aliphatic carbocycles. The summed E-state index contributed by atoms with van der Waals surface area (Å²) < 4.78 is 59.6. The van der Waals surface area contributed by atoms with E-state index in [-0.39, 0.29) is 29.2 Å². The maximum Gasteiger partial charge on any atom is 0.343 e. The molecule has 6 rings (SSSR count). The summed E-state index contributed by atoms with van der Waals surface area (Å²) in [5, 5.41) is 12.4. The fraction of sp³-hybridized carbons (Fsp3) is 0.421. The van der Waals surface area contributed by atoms with Crippen LogP contribution in [0.2, 0.25) is 0 Å². The topological polar surface area (TPSA) is 192 Å². The van der Waals surface area contributed by atoms with Crippen molar-refractivity contribution in [3.05, 3.63) is 84.9 Å². The second-order valence-electron chi connectivity index (χ2n) is 13.9. The minimum Gasteiger partial charge on any atom is -0.369 e. The number of hydrazine groups is 2. The Hall–Kier alpha value is -4.12. The van der Waals surface area contributed by atoms with Crippen LogP contribution in [0.4, 0.5) is 0 Å². The van der Waals surface area contributed by atoms with Gasteiger partial charge in [-0.25, -0.2) is 21.6 Å². The molecule has 15 heteroatoms. The third-order valence-electron chi connectivity index (χ3n) is 10.3. The Bertz CT molecular complexity index is 2130. The molecule has 0 radical (unpaired) electrons. The van der Waals surface area contributed by atoms with E-state index in [1.165, 1.54) is 9.42 Å². The molecule has 4 aromatic rings. The Morgan fingerprint density at radius 1 is 0.736 bits per heavy atom. The molecular weight excluding hydrogens is 715 g/mol. The van der Waals surface area contributed by atoms with Crippen LogP contribution in [0.1, 0.15) is 77.0 Å². The van der Waals surface area contributed by atoms with Crippen LogP contribution >= 0.6 is 0 Å². The van der Waals surface area contributed by atoms with E-state index in [0.717, 1.165) is 53.7 Å². The Balaban J connectivity index is 1.16. The number of hydrogen-bond acceptors (Lipinski definition) is 9. The van der Waals surface area contributed by atoms with E-state index in [0.29, 0.717) is 36.5 Å². The van der Waals surface area contributed by atoms with Gasteiger partial charge in [0.25, 0.3) is 20.0 Å². The van der Waals surface area contributed by atoms with E-state index in [1.807, 2.05) is 36.4 Å². The third-order valence-corrected chi connectivity index (χ3v) is 14.0. The Kier molecular flexibility index (Phi) is 12.3. The van der Waals surface area contributed by atoms with Gasteiger partial charge in [0.2, 0.25) is 5.96 Å². The smallest absolute Gasteiger partial charge is 0.343 e. The minimum absolute atomic E-state index is 0.00605. The maximum absolute atomic E-state index is 14.5. The molecule has 1 atom stereocenters. The maximum atomic E-state index is 14.5. The number of hydrogen-bond donors (Lipinski definition) is 4. The molecule has 2 aliphatic rings. The van der Waals surface area contributed by atoms with Gasteiger partial charge in [0.1, 0.15) is 6.04 Å². The molecule has 0 aromatic heterocycles. The van der Waals surface area contributed by atoms with Crippen LogP contribution in [0.5, 0.6) is 0 Å². The molecule has 2 fully saturated rings. The molecule has 0 saturated heterocycles. The molecule has 0 unspecified atom stereocenters. The van der Waals surface area contributed by atoms with E-state index in [9.17, 15) is 21.6 Å². The first kappa shape index (κ1) is 38.6. The van der Waals surface area contributed by atoms with Gasteiger partial charge < -0.3 is 16.3 Å². The Morgan fingerprint density at radius 3 is 1.77 bits per heavy atom. The number of carbonyl (C=O) groups excluding carboxylic acids is 1.